The normalized spacial score (nSPS) is 17.8. The van der Waals surface area contributed by atoms with E-state index in [0.29, 0.717) is 5.56 Å². The molecule has 8 heteroatoms. The van der Waals surface area contributed by atoms with Crippen LogP contribution in [0.4, 0.5) is 0 Å². The SMILES string of the molecule is N#CCN=NN=C(N)C(NC(=O)c1ccsc1)C1CCCCC1. The minimum absolute atomic E-state index is 0.0634. The molecular formula is C15H20N6OS. The van der Waals surface area contributed by atoms with E-state index in [4.69, 9.17) is 11.0 Å². The van der Waals surface area contributed by atoms with Crippen molar-refractivity contribution in [3.8, 4) is 6.07 Å². The standard InChI is InChI=1S/C15H20N6OS/c16-7-8-18-21-20-14(17)13(11-4-2-1-3-5-11)19-15(22)12-6-9-23-10-12/h6,9-11,13H,1-5,8H2,(H,19,22)(H2,17,18,20). The Balaban J connectivity index is 2.10. The zero-order chi connectivity index (χ0) is 16.5. The molecule has 7 nitrogen and oxygen atoms in total. The molecule has 1 fully saturated rings. The summed E-state index contributed by atoms with van der Waals surface area (Å²) in [6, 6.07) is 3.26. The Kier molecular flexibility index (Phi) is 6.69. The van der Waals surface area contributed by atoms with Gasteiger partial charge in [0.05, 0.1) is 17.7 Å². The molecule has 1 amide bonds. The predicted molar refractivity (Wildman–Crippen MR) is 89.1 cm³/mol. The molecule has 0 saturated heterocycles. The summed E-state index contributed by atoms with van der Waals surface area (Å²) >= 11 is 1.47. The maximum atomic E-state index is 12.3. The molecule has 1 unspecified atom stereocenters. The number of amidine groups is 1. The fourth-order valence-electron chi connectivity index (χ4n) is 2.73. The number of nitrogens with two attached hydrogens (primary N) is 1. The number of nitrogens with one attached hydrogen (secondary N) is 1. The van der Waals surface area contributed by atoms with Gasteiger partial charge >= 0.3 is 0 Å². The summed E-state index contributed by atoms with van der Waals surface area (Å²) in [5.41, 5.74) is 6.65. The van der Waals surface area contributed by atoms with Crippen LogP contribution in [0.3, 0.4) is 0 Å². The highest BCUT2D eigenvalue weighted by Crippen LogP contribution is 2.27. The Morgan fingerprint density at radius 3 is 2.91 bits per heavy atom. The van der Waals surface area contributed by atoms with Gasteiger partial charge in [-0.15, -0.1) is 5.10 Å². The first-order valence-corrected chi connectivity index (χ1v) is 8.56. The fraction of sp³-hybridized carbons (Fsp3) is 0.533. The van der Waals surface area contributed by atoms with Crippen LogP contribution < -0.4 is 11.1 Å². The third-order valence-corrected chi connectivity index (χ3v) is 4.56. The van der Waals surface area contributed by atoms with E-state index < -0.39 is 0 Å². The van der Waals surface area contributed by atoms with E-state index >= 15 is 0 Å². The maximum Gasteiger partial charge on any atom is 0.252 e. The highest BCUT2D eigenvalue weighted by atomic mass is 32.1. The topological polar surface area (TPSA) is 116 Å². The highest BCUT2D eigenvalue weighted by Gasteiger charge is 2.28. The van der Waals surface area contributed by atoms with Gasteiger partial charge in [-0.2, -0.15) is 21.7 Å². The summed E-state index contributed by atoms with van der Waals surface area (Å²) in [5.74, 6) is 0.331. The number of carbonyl (C=O) groups is 1. The monoisotopic (exact) mass is 332 g/mol. The van der Waals surface area contributed by atoms with E-state index in [1.165, 1.54) is 17.8 Å². The van der Waals surface area contributed by atoms with Crippen LogP contribution in [-0.4, -0.2) is 24.3 Å². The summed E-state index contributed by atoms with van der Waals surface area (Å²) in [6.45, 7) is -0.0634. The van der Waals surface area contributed by atoms with Crippen molar-refractivity contribution in [2.75, 3.05) is 6.54 Å². The highest BCUT2D eigenvalue weighted by molar-refractivity contribution is 7.08. The average molecular weight is 332 g/mol. The number of hydrogen-bond donors (Lipinski definition) is 2. The summed E-state index contributed by atoms with van der Waals surface area (Å²) < 4.78 is 0. The van der Waals surface area contributed by atoms with Crippen molar-refractivity contribution < 1.29 is 4.79 Å². The Labute approximate surface area is 139 Å². The molecule has 0 radical (unpaired) electrons. The number of nitriles is 1. The van der Waals surface area contributed by atoms with Crippen molar-refractivity contribution in [1.82, 2.24) is 5.32 Å². The zero-order valence-electron chi connectivity index (χ0n) is 12.8. The lowest BCUT2D eigenvalue weighted by atomic mass is 9.83. The van der Waals surface area contributed by atoms with Gasteiger partial charge in [-0.05, 0) is 35.4 Å². The van der Waals surface area contributed by atoms with Gasteiger partial charge in [0.25, 0.3) is 5.91 Å². The van der Waals surface area contributed by atoms with E-state index in [1.807, 2.05) is 11.4 Å². The van der Waals surface area contributed by atoms with Gasteiger partial charge in [0.1, 0.15) is 12.4 Å². The predicted octanol–water partition coefficient (Wildman–Crippen LogP) is 2.67. The summed E-state index contributed by atoms with van der Waals surface area (Å²) in [5, 5.41) is 26.1. The molecule has 1 aromatic rings. The van der Waals surface area contributed by atoms with Crippen LogP contribution >= 0.6 is 11.3 Å². The quantitative estimate of drug-likeness (QED) is 0.274. The molecule has 3 N–H and O–H groups in total. The number of carbonyl (C=O) groups excluding carboxylic acids is 1. The zero-order valence-corrected chi connectivity index (χ0v) is 13.6. The van der Waals surface area contributed by atoms with Crippen molar-refractivity contribution in [1.29, 1.82) is 5.26 Å². The molecule has 0 bridgehead atoms. The van der Waals surface area contributed by atoms with Gasteiger partial charge in [-0.25, -0.2) is 0 Å². The maximum absolute atomic E-state index is 12.3. The lowest BCUT2D eigenvalue weighted by Gasteiger charge is -2.30. The van der Waals surface area contributed by atoms with Gasteiger partial charge in [0.2, 0.25) is 0 Å². The van der Waals surface area contributed by atoms with Crippen LogP contribution in [0.2, 0.25) is 0 Å². The second-order valence-electron chi connectivity index (χ2n) is 5.43. The Morgan fingerprint density at radius 2 is 2.26 bits per heavy atom. The number of thiophene rings is 1. The Bertz CT molecular complexity index is 598. The summed E-state index contributed by atoms with van der Waals surface area (Å²) in [4.78, 5) is 12.3. The van der Waals surface area contributed by atoms with Gasteiger partial charge in [-0.3, -0.25) is 4.79 Å². The van der Waals surface area contributed by atoms with Crippen molar-refractivity contribution in [3.05, 3.63) is 22.4 Å². The van der Waals surface area contributed by atoms with Crippen LogP contribution in [0.1, 0.15) is 42.5 Å². The van der Waals surface area contributed by atoms with E-state index in [9.17, 15) is 4.79 Å². The van der Waals surface area contributed by atoms with Crippen LogP contribution in [0.15, 0.2) is 32.3 Å². The molecule has 1 saturated carbocycles. The number of amides is 1. The smallest absolute Gasteiger partial charge is 0.252 e. The van der Waals surface area contributed by atoms with Gasteiger partial charge in [-0.1, -0.05) is 19.3 Å². The van der Waals surface area contributed by atoms with Crippen LogP contribution in [0, 0.1) is 17.2 Å². The van der Waals surface area contributed by atoms with E-state index in [1.54, 1.807) is 11.4 Å². The summed E-state index contributed by atoms with van der Waals surface area (Å²) in [7, 11) is 0. The second-order valence-corrected chi connectivity index (χ2v) is 6.21. The van der Waals surface area contributed by atoms with E-state index in [0.717, 1.165) is 25.7 Å². The minimum Gasteiger partial charge on any atom is -0.384 e. The van der Waals surface area contributed by atoms with Crippen molar-refractivity contribution >= 4 is 23.1 Å². The van der Waals surface area contributed by atoms with Gasteiger partial charge in [0, 0.05) is 5.38 Å². The lowest BCUT2D eigenvalue weighted by Crippen LogP contribution is -2.49. The molecule has 1 aliphatic rings. The minimum atomic E-state index is -0.358. The van der Waals surface area contributed by atoms with Crippen molar-refractivity contribution in [2.45, 2.75) is 38.1 Å². The van der Waals surface area contributed by atoms with E-state index in [2.05, 4.69) is 20.8 Å². The largest absolute Gasteiger partial charge is 0.384 e. The molecular weight excluding hydrogens is 312 g/mol. The third-order valence-electron chi connectivity index (χ3n) is 3.87. The summed E-state index contributed by atoms with van der Waals surface area (Å²) in [6.07, 6.45) is 5.46. The van der Waals surface area contributed by atoms with Gasteiger partial charge in [0.15, 0.2) is 0 Å². The fourth-order valence-corrected chi connectivity index (χ4v) is 3.36. The molecule has 1 atom stereocenters. The molecule has 122 valence electrons. The van der Waals surface area contributed by atoms with E-state index in [-0.39, 0.29) is 30.2 Å². The van der Waals surface area contributed by atoms with Crippen molar-refractivity contribution in [2.24, 2.45) is 27.1 Å². The van der Waals surface area contributed by atoms with Gasteiger partial charge < -0.3 is 11.1 Å². The third kappa shape index (κ3) is 5.14. The van der Waals surface area contributed by atoms with Crippen molar-refractivity contribution in [3.63, 3.8) is 0 Å². The van der Waals surface area contributed by atoms with Crippen LogP contribution in [0.5, 0.6) is 0 Å². The average Bonchev–Trinajstić information content (AvgIpc) is 3.11. The molecule has 23 heavy (non-hydrogen) atoms. The molecule has 1 aromatic heterocycles. The number of nitrogens with zero attached hydrogens (tertiary/aromatic N) is 4. The first-order chi connectivity index (χ1) is 11.2. The second kappa shape index (κ2) is 9.00. The molecule has 0 aromatic carbocycles. The first-order valence-electron chi connectivity index (χ1n) is 7.62. The van der Waals surface area contributed by atoms with Crippen LogP contribution in [-0.2, 0) is 0 Å². The first kappa shape index (κ1) is 17.1. The Morgan fingerprint density at radius 1 is 1.48 bits per heavy atom. The Hall–Kier alpha value is -2.27. The lowest BCUT2D eigenvalue weighted by molar-refractivity contribution is 0.0931. The van der Waals surface area contributed by atoms with Crippen LogP contribution in [0.25, 0.3) is 0 Å². The molecule has 1 aliphatic carbocycles. The number of hydrogen-bond acceptors (Lipinski definition) is 5. The molecule has 2 rings (SSSR count). The molecule has 0 aliphatic heterocycles. The molecule has 1 heterocycles. The molecule has 0 spiro atoms. The number of rotatable bonds is 6.